The maximum atomic E-state index is 13.1. The molecular formula is C30H36N6O6. The molecule has 1 saturated carbocycles. The molecule has 6 rings (SSSR count). The number of rotatable bonds is 4. The highest BCUT2D eigenvalue weighted by atomic mass is 16.4. The number of carbonyl (C=O) groups excluding carboxylic acids is 3. The van der Waals surface area contributed by atoms with Gasteiger partial charge in [-0.05, 0) is 56.7 Å². The summed E-state index contributed by atoms with van der Waals surface area (Å²) < 4.78 is 2.97. The zero-order valence-corrected chi connectivity index (χ0v) is 23.7. The molecule has 1 aromatic carbocycles. The van der Waals surface area contributed by atoms with Gasteiger partial charge in [-0.15, -0.1) is 0 Å². The molecule has 1 atom stereocenters. The van der Waals surface area contributed by atoms with E-state index in [2.05, 4.69) is 27.4 Å². The van der Waals surface area contributed by atoms with Crippen molar-refractivity contribution in [1.29, 1.82) is 0 Å². The number of carboxylic acid groups (broad SMARTS) is 1. The number of imide groups is 1. The number of imidazole rings is 1. The molecule has 12 nitrogen and oxygen atoms in total. The van der Waals surface area contributed by atoms with E-state index in [1.807, 2.05) is 23.1 Å². The lowest BCUT2D eigenvalue weighted by Gasteiger charge is -2.47. The number of aryl methyl sites for hydroxylation is 1. The number of carbonyl (C=O) groups is 4. The first-order valence-corrected chi connectivity index (χ1v) is 14.7. The van der Waals surface area contributed by atoms with Gasteiger partial charge in [0.05, 0.1) is 17.6 Å². The van der Waals surface area contributed by atoms with Crippen LogP contribution in [0.15, 0.2) is 23.0 Å². The highest BCUT2D eigenvalue weighted by Gasteiger charge is 2.49. The Kier molecular flexibility index (Phi) is 7.30. The summed E-state index contributed by atoms with van der Waals surface area (Å²) in [6.07, 6.45) is 3.37. The summed E-state index contributed by atoms with van der Waals surface area (Å²) in [5.41, 5.74) is 1.93. The third kappa shape index (κ3) is 5.29. The second-order valence-corrected chi connectivity index (χ2v) is 12.3. The van der Waals surface area contributed by atoms with Crippen molar-refractivity contribution >= 4 is 34.8 Å². The van der Waals surface area contributed by atoms with E-state index in [1.165, 1.54) is 9.13 Å². The van der Waals surface area contributed by atoms with Gasteiger partial charge >= 0.3 is 11.8 Å². The average Bonchev–Trinajstić information content (AvgIpc) is 3.48. The van der Waals surface area contributed by atoms with Crippen molar-refractivity contribution in [2.45, 2.75) is 57.0 Å². The lowest BCUT2D eigenvalue weighted by atomic mass is 9.79. The monoisotopic (exact) mass is 576 g/mol. The number of fused-ring (bicyclic) bond motifs is 1. The third-order valence-electron chi connectivity index (χ3n) is 9.42. The molecule has 0 bridgehead atoms. The number of aromatic nitrogens is 2. The van der Waals surface area contributed by atoms with Gasteiger partial charge in [-0.2, -0.15) is 0 Å². The van der Waals surface area contributed by atoms with Gasteiger partial charge < -0.3 is 15.3 Å². The summed E-state index contributed by atoms with van der Waals surface area (Å²) in [5, 5.41) is 13.8. The highest BCUT2D eigenvalue weighted by Crippen LogP contribution is 2.40. The van der Waals surface area contributed by atoms with Crippen molar-refractivity contribution in [3.8, 4) is 11.8 Å². The topological polar surface area (TPSA) is 146 Å². The number of benzene rings is 1. The summed E-state index contributed by atoms with van der Waals surface area (Å²) in [6, 6.07) is 4.75. The van der Waals surface area contributed by atoms with Gasteiger partial charge in [0.15, 0.2) is 0 Å². The number of piperidine rings is 1. The Bertz CT molecular complexity index is 1570. The fourth-order valence-electron chi connectivity index (χ4n) is 7.24. The van der Waals surface area contributed by atoms with Gasteiger partial charge in [0, 0.05) is 62.6 Å². The van der Waals surface area contributed by atoms with E-state index in [0.29, 0.717) is 36.8 Å². The van der Waals surface area contributed by atoms with E-state index in [1.54, 1.807) is 7.05 Å². The number of hydrogen-bond acceptors (Lipinski definition) is 6. The standard InChI is InChI=1S/C30H36N6O6/c1-33-24-15-19(4-9-22(24)36(29(33)42)23-10-11-25(37)32-26(23)38)3-2-13-34-16-30(17-34)12-14-35(18-30)27(39)20-5-7-21(8-6-20)31-28(40)41/h4,9,15,20-21,23,31H,5-8,10-14,16-18H2,1H3,(H,40,41)(H,32,37,38). The number of amides is 4. The largest absolute Gasteiger partial charge is 0.465 e. The van der Waals surface area contributed by atoms with Crippen molar-refractivity contribution in [3.05, 3.63) is 34.2 Å². The van der Waals surface area contributed by atoms with Gasteiger partial charge in [-0.3, -0.25) is 33.7 Å². The van der Waals surface area contributed by atoms with E-state index >= 15 is 0 Å². The van der Waals surface area contributed by atoms with E-state index in [9.17, 15) is 24.0 Å². The van der Waals surface area contributed by atoms with E-state index < -0.39 is 18.0 Å². The highest BCUT2D eigenvalue weighted by molar-refractivity contribution is 6.00. The molecular weight excluding hydrogens is 540 g/mol. The minimum atomic E-state index is -1.000. The summed E-state index contributed by atoms with van der Waals surface area (Å²) in [4.78, 5) is 65.2. The van der Waals surface area contributed by atoms with Crippen LogP contribution < -0.4 is 16.3 Å². The van der Waals surface area contributed by atoms with Gasteiger partial charge in [0.1, 0.15) is 6.04 Å². The Morgan fingerprint density at radius 2 is 1.83 bits per heavy atom. The van der Waals surface area contributed by atoms with Crippen molar-refractivity contribution in [2.75, 3.05) is 32.7 Å². The van der Waals surface area contributed by atoms with Crippen molar-refractivity contribution in [1.82, 2.24) is 29.6 Å². The Hall–Kier alpha value is -4.11. The minimum absolute atomic E-state index is 0.00759. The summed E-state index contributed by atoms with van der Waals surface area (Å²) in [6.45, 7) is 3.98. The van der Waals surface area contributed by atoms with Gasteiger partial charge in [0.25, 0.3) is 0 Å². The van der Waals surface area contributed by atoms with Crippen molar-refractivity contribution in [2.24, 2.45) is 18.4 Å². The molecule has 4 fully saturated rings. The predicted octanol–water partition coefficient (Wildman–Crippen LogP) is 1.03. The lowest BCUT2D eigenvalue weighted by Crippen LogP contribution is -2.57. The first kappa shape index (κ1) is 28.0. The fourth-order valence-corrected chi connectivity index (χ4v) is 7.24. The number of nitrogens with one attached hydrogen (secondary N) is 2. The second kappa shape index (κ2) is 10.9. The van der Waals surface area contributed by atoms with Crippen LogP contribution in [0.1, 0.15) is 56.6 Å². The number of likely N-dealkylation sites (tertiary alicyclic amines) is 2. The molecule has 1 spiro atoms. The molecule has 3 N–H and O–H groups in total. The normalized spacial score (nSPS) is 25.5. The molecule has 3 aliphatic heterocycles. The van der Waals surface area contributed by atoms with Gasteiger partial charge in [0.2, 0.25) is 17.7 Å². The SMILES string of the molecule is Cn1c(=O)n(C2CCC(=O)NC2=O)c2ccc(C#CCN3CC4(CCN(C(=O)C5CCC(NC(=O)O)CC5)C4)C3)cc21. The zero-order chi connectivity index (χ0) is 29.6. The summed E-state index contributed by atoms with van der Waals surface area (Å²) >= 11 is 0. The molecule has 1 unspecified atom stereocenters. The zero-order valence-electron chi connectivity index (χ0n) is 23.7. The Morgan fingerprint density at radius 1 is 1.07 bits per heavy atom. The Labute approximate surface area is 243 Å². The molecule has 3 saturated heterocycles. The second-order valence-electron chi connectivity index (χ2n) is 12.3. The van der Waals surface area contributed by atoms with Crippen molar-refractivity contribution < 1.29 is 24.3 Å². The Morgan fingerprint density at radius 3 is 2.55 bits per heavy atom. The quantitative estimate of drug-likeness (QED) is 0.364. The molecule has 42 heavy (non-hydrogen) atoms. The molecule has 4 aliphatic rings. The van der Waals surface area contributed by atoms with Crippen LogP contribution in [-0.2, 0) is 21.4 Å². The first-order valence-electron chi connectivity index (χ1n) is 14.7. The smallest absolute Gasteiger partial charge is 0.404 e. The summed E-state index contributed by atoms with van der Waals surface area (Å²) in [7, 11) is 1.67. The van der Waals surface area contributed by atoms with Gasteiger partial charge in [-0.25, -0.2) is 9.59 Å². The van der Waals surface area contributed by atoms with Crippen LogP contribution in [0, 0.1) is 23.2 Å². The number of nitrogens with zero attached hydrogens (tertiary/aromatic N) is 4. The predicted molar refractivity (Wildman–Crippen MR) is 152 cm³/mol. The number of hydrogen-bond donors (Lipinski definition) is 3. The molecule has 222 valence electrons. The van der Waals surface area contributed by atoms with E-state index in [4.69, 9.17) is 5.11 Å². The molecule has 12 heteroatoms. The molecule has 1 aliphatic carbocycles. The molecule has 4 amide bonds. The van der Waals surface area contributed by atoms with Crippen LogP contribution in [0.3, 0.4) is 0 Å². The first-order chi connectivity index (χ1) is 20.1. The van der Waals surface area contributed by atoms with Crippen LogP contribution in [-0.4, -0.2) is 86.6 Å². The fraction of sp³-hybridized carbons (Fsp3) is 0.567. The van der Waals surface area contributed by atoms with Crippen LogP contribution in [0.5, 0.6) is 0 Å². The molecule has 2 aromatic rings. The maximum absolute atomic E-state index is 13.1. The maximum Gasteiger partial charge on any atom is 0.404 e. The summed E-state index contributed by atoms with van der Waals surface area (Å²) in [5.74, 6) is 5.89. The Balaban J connectivity index is 1.02. The van der Waals surface area contributed by atoms with Crippen LogP contribution in [0.2, 0.25) is 0 Å². The van der Waals surface area contributed by atoms with Gasteiger partial charge in [-0.1, -0.05) is 11.8 Å². The van der Waals surface area contributed by atoms with Crippen LogP contribution in [0.25, 0.3) is 11.0 Å². The average molecular weight is 577 g/mol. The lowest BCUT2D eigenvalue weighted by molar-refractivity contribution is -0.137. The van der Waals surface area contributed by atoms with Crippen molar-refractivity contribution in [3.63, 3.8) is 0 Å². The minimum Gasteiger partial charge on any atom is -0.465 e. The molecule has 1 aromatic heterocycles. The van der Waals surface area contributed by atoms with E-state index in [-0.39, 0.29) is 41.3 Å². The van der Waals surface area contributed by atoms with Crippen LogP contribution in [0.4, 0.5) is 4.79 Å². The molecule has 0 radical (unpaired) electrons. The molecule has 4 heterocycles. The van der Waals surface area contributed by atoms with Crippen LogP contribution >= 0.6 is 0 Å². The third-order valence-corrected chi connectivity index (χ3v) is 9.42. The van der Waals surface area contributed by atoms with E-state index in [0.717, 1.165) is 51.0 Å².